The smallest absolute Gasteiger partial charge is 0.0702 e. The van der Waals surface area contributed by atoms with Gasteiger partial charge in [-0.05, 0) is 53.0 Å². The lowest BCUT2D eigenvalue weighted by atomic mass is 10.1. The van der Waals surface area contributed by atoms with Crippen molar-refractivity contribution in [1.82, 2.24) is 0 Å². The molecule has 1 nitrogen and oxygen atoms in total. The zero-order chi connectivity index (χ0) is 11.8. The van der Waals surface area contributed by atoms with Crippen LogP contribution >= 0.6 is 27.3 Å². The Hall–Kier alpha value is -0.800. The van der Waals surface area contributed by atoms with Crippen LogP contribution in [0.1, 0.15) is 17.4 Å². The van der Waals surface area contributed by atoms with Gasteiger partial charge in [0.15, 0.2) is 0 Å². The second-order valence-electron chi connectivity index (χ2n) is 4.52. The molecule has 0 N–H and O–H groups in total. The Balaban J connectivity index is 1.88. The van der Waals surface area contributed by atoms with Gasteiger partial charge in [-0.25, -0.2) is 0 Å². The molecule has 0 saturated heterocycles. The van der Waals surface area contributed by atoms with E-state index in [4.69, 9.17) is 0 Å². The molecular formula is C14H14BrNS. The molecule has 0 radical (unpaired) electrons. The Morgan fingerprint density at radius 2 is 2.12 bits per heavy atom. The molecule has 2 aromatic rings. The summed E-state index contributed by atoms with van der Waals surface area (Å²) in [4.78, 5) is 3.92. The molecule has 1 aromatic heterocycles. The molecule has 0 amide bonds. The first-order valence-corrected chi connectivity index (χ1v) is 7.44. The molecule has 88 valence electrons. The Bertz CT molecular complexity index is 535. The predicted molar refractivity (Wildman–Crippen MR) is 77.8 cm³/mol. The normalized spacial score (nSPS) is 18.5. The van der Waals surface area contributed by atoms with Crippen molar-refractivity contribution in [3.63, 3.8) is 0 Å². The van der Waals surface area contributed by atoms with Gasteiger partial charge in [0.2, 0.25) is 0 Å². The van der Waals surface area contributed by atoms with Gasteiger partial charge in [-0.1, -0.05) is 18.2 Å². The van der Waals surface area contributed by atoms with Gasteiger partial charge >= 0.3 is 0 Å². The van der Waals surface area contributed by atoms with Crippen LogP contribution in [0, 0.1) is 0 Å². The van der Waals surface area contributed by atoms with Crippen LogP contribution in [0.25, 0.3) is 0 Å². The maximum Gasteiger partial charge on any atom is 0.0702 e. The van der Waals surface area contributed by atoms with Crippen LogP contribution in [-0.4, -0.2) is 6.04 Å². The second-order valence-corrected chi connectivity index (χ2v) is 7.06. The number of nitrogens with zero attached hydrogens (tertiary/aromatic N) is 1. The molecule has 0 bridgehead atoms. The van der Waals surface area contributed by atoms with Crippen molar-refractivity contribution in [1.29, 1.82) is 0 Å². The molecule has 0 aliphatic carbocycles. The molecule has 1 aliphatic rings. The van der Waals surface area contributed by atoms with Gasteiger partial charge in [-0.15, -0.1) is 11.3 Å². The molecule has 3 rings (SSSR count). The first-order valence-electron chi connectivity index (χ1n) is 5.83. The van der Waals surface area contributed by atoms with E-state index in [2.05, 4.69) is 64.2 Å². The van der Waals surface area contributed by atoms with Crippen LogP contribution in [-0.2, 0) is 13.0 Å². The highest BCUT2D eigenvalue weighted by atomic mass is 79.9. The molecule has 1 aliphatic heterocycles. The van der Waals surface area contributed by atoms with Crippen molar-refractivity contribution in [2.45, 2.75) is 25.9 Å². The maximum absolute atomic E-state index is 3.53. The van der Waals surface area contributed by atoms with E-state index in [0.29, 0.717) is 6.04 Å². The summed E-state index contributed by atoms with van der Waals surface area (Å²) in [5.41, 5.74) is 2.89. The molecule has 0 fully saturated rings. The summed E-state index contributed by atoms with van der Waals surface area (Å²) in [7, 11) is 0. The summed E-state index contributed by atoms with van der Waals surface area (Å²) < 4.78 is 1.22. The first kappa shape index (κ1) is 11.3. The van der Waals surface area contributed by atoms with Crippen molar-refractivity contribution in [2.75, 3.05) is 4.90 Å². The molecule has 0 spiro atoms. The van der Waals surface area contributed by atoms with Crippen LogP contribution in [0.3, 0.4) is 0 Å². The highest BCUT2D eigenvalue weighted by Crippen LogP contribution is 2.34. The van der Waals surface area contributed by atoms with Gasteiger partial charge in [-0.3, -0.25) is 0 Å². The van der Waals surface area contributed by atoms with E-state index in [1.165, 1.54) is 26.3 Å². The van der Waals surface area contributed by atoms with E-state index in [0.717, 1.165) is 6.54 Å². The fourth-order valence-electron chi connectivity index (χ4n) is 2.48. The average Bonchev–Trinajstić information content (AvgIpc) is 2.85. The van der Waals surface area contributed by atoms with Gasteiger partial charge in [0.25, 0.3) is 0 Å². The number of thiophene rings is 1. The van der Waals surface area contributed by atoms with Crippen LogP contribution in [0.4, 0.5) is 5.69 Å². The summed E-state index contributed by atoms with van der Waals surface area (Å²) in [5.74, 6) is 0. The van der Waals surface area contributed by atoms with Gasteiger partial charge < -0.3 is 4.90 Å². The lowest BCUT2D eigenvalue weighted by Gasteiger charge is -2.24. The fraction of sp³-hybridized carbons (Fsp3) is 0.286. The summed E-state index contributed by atoms with van der Waals surface area (Å²) in [5, 5.41) is 0. The number of hydrogen-bond donors (Lipinski definition) is 0. The largest absolute Gasteiger partial charge is 0.363 e. The highest BCUT2D eigenvalue weighted by Gasteiger charge is 2.25. The topological polar surface area (TPSA) is 3.24 Å². The molecule has 1 unspecified atom stereocenters. The average molecular weight is 308 g/mol. The minimum atomic E-state index is 0.605. The molecular weight excluding hydrogens is 294 g/mol. The molecule has 1 atom stereocenters. The molecule has 0 saturated carbocycles. The maximum atomic E-state index is 3.53. The highest BCUT2D eigenvalue weighted by molar-refractivity contribution is 9.11. The van der Waals surface area contributed by atoms with E-state index < -0.39 is 0 Å². The first-order chi connectivity index (χ1) is 8.24. The monoisotopic (exact) mass is 307 g/mol. The third kappa shape index (κ3) is 2.14. The minimum Gasteiger partial charge on any atom is -0.363 e. The fourth-order valence-corrected chi connectivity index (χ4v) is 3.96. The number of fused-ring (bicyclic) bond motifs is 1. The van der Waals surface area contributed by atoms with E-state index in [-0.39, 0.29) is 0 Å². The zero-order valence-corrected chi connectivity index (χ0v) is 12.1. The van der Waals surface area contributed by atoms with E-state index >= 15 is 0 Å². The van der Waals surface area contributed by atoms with Gasteiger partial charge in [0, 0.05) is 16.6 Å². The molecule has 2 heterocycles. The third-order valence-corrected chi connectivity index (χ3v) is 4.91. The van der Waals surface area contributed by atoms with Crippen molar-refractivity contribution >= 4 is 33.0 Å². The van der Waals surface area contributed by atoms with Crippen molar-refractivity contribution < 1.29 is 0 Å². The number of anilines is 1. The van der Waals surface area contributed by atoms with E-state index in [9.17, 15) is 0 Å². The van der Waals surface area contributed by atoms with Crippen molar-refractivity contribution in [3.05, 3.63) is 50.6 Å². The standard InChI is InChI=1S/C14H14BrNS/c1-10-8-11-4-2-3-5-13(11)16(10)9-12-6-7-14(15)17-12/h2-7,10H,8-9H2,1H3. The summed E-state index contributed by atoms with van der Waals surface area (Å²) >= 11 is 5.35. The third-order valence-electron chi connectivity index (χ3n) is 3.30. The number of rotatable bonds is 2. The molecule has 1 aromatic carbocycles. The van der Waals surface area contributed by atoms with Crippen LogP contribution in [0.2, 0.25) is 0 Å². The number of benzene rings is 1. The quantitative estimate of drug-likeness (QED) is 0.791. The number of halogens is 1. The summed E-state index contributed by atoms with van der Waals surface area (Å²) in [6.07, 6.45) is 1.17. The Morgan fingerprint density at radius 3 is 2.88 bits per heavy atom. The molecule has 3 heteroatoms. The van der Waals surface area contributed by atoms with Gasteiger partial charge in [0.05, 0.1) is 10.3 Å². The Kier molecular flexibility index (Phi) is 2.97. The number of para-hydroxylation sites is 1. The predicted octanol–water partition coefficient (Wildman–Crippen LogP) is 4.46. The van der Waals surface area contributed by atoms with E-state index in [1.807, 2.05) is 11.3 Å². The van der Waals surface area contributed by atoms with E-state index in [1.54, 1.807) is 0 Å². The lowest BCUT2D eigenvalue weighted by molar-refractivity contribution is 0.676. The van der Waals surface area contributed by atoms with Crippen molar-refractivity contribution in [3.8, 4) is 0 Å². The van der Waals surface area contributed by atoms with Gasteiger partial charge in [-0.2, -0.15) is 0 Å². The summed E-state index contributed by atoms with van der Waals surface area (Å²) in [6.45, 7) is 3.33. The Morgan fingerprint density at radius 1 is 1.29 bits per heavy atom. The lowest BCUT2D eigenvalue weighted by Crippen LogP contribution is -2.28. The SMILES string of the molecule is CC1Cc2ccccc2N1Cc1ccc(Br)s1. The van der Waals surface area contributed by atoms with Crippen LogP contribution in [0.15, 0.2) is 40.2 Å². The number of hydrogen-bond acceptors (Lipinski definition) is 2. The summed E-state index contributed by atoms with van der Waals surface area (Å²) in [6, 6.07) is 13.7. The van der Waals surface area contributed by atoms with Crippen LogP contribution in [0.5, 0.6) is 0 Å². The Labute approximate surface area is 114 Å². The van der Waals surface area contributed by atoms with Gasteiger partial charge in [0.1, 0.15) is 0 Å². The van der Waals surface area contributed by atoms with Crippen LogP contribution < -0.4 is 4.90 Å². The second kappa shape index (κ2) is 4.46. The molecule has 17 heavy (non-hydrogen) atoms. The van der Waals surface area contributed by atoms with Crippen molar-refractivity contribution in [2.24, 2.45) is 0 Å². The minimum absolute atomic E-state index is 0.605. The zero-order valence-electron chi connectivity index (χ0n) is 9.69.